The predicted octanol–water partition coefficient (Wildman–Crippen LogP) is 3.29. The minimum absolute atomic E-state index is 0. The molecule has 5 heteroatoms. The number of rotatable bonds is 6. The van der Waals surface area contributed by atoms with Gasteiger partial charge in [-0.2, -0.15) is 0 Å². The van der Waals surface area contributed by atoms with E-state index in [1.807, 2.05) is 36.4 Å². The highest BCUT2D eigenvalue weighted by Crippen LogP contribution is 2.30. The number of nitrogens with two attached hydrogens (primary N) is 1. The van der Waals surface area contributed by atoms with Crippen LogP contribution in [0, 0.1) is 0 Å². The molecule has 0 bridgehead atoms. The number of esters is 1. The summed E-state index contributed by atoms with van der Waals surface area (Å²) < 4.78 is 10.5. The van der Waals surface area contributed by atoms with E-state index in [4.69, 9.17) is 15.2 Å². The normalized spacial score (nSPS) is 9.73. The van der Waals surface area contributed by atoms with Crippen molar-refractivity contribution in [2.45, 2.75) is 6.42 Å². The number of benzene rings is 2. The third kappa shape index (κ3) is 4.48. The lowest BCUT2D eigenvalue weighted by Crippen LogP contribution is -2.06. The van der Waals surface area contributed by atoms with Crippen LogP contribution in [-0.2, 0) is 4.74 Å². The maximum absolute atomic E-state index is 11.4. The number of hydrogen-bond acceptors (Lipinski definition) is 4. The van der Waals surface area contributed by atoms with E-state index in [-0.39, 0.29) is 18.4 Å². The molecule has 22 heavy (non-hydrogen) atoms. The Kier molecular flexibility index (Phi) is 7.43. The van der Waals surface area contributed by atoms with E-state index in [9.17, 15) is 4.79 Å². The molecule has 2 N–H and O–H groups in total. The van der Waals surface area contributed by atoms with E-state index < -0.39 is 0 Å². The molecule has 0 radical (unpaired) electrons. The zero-order valence-electron chi connectivity index (χ0n) is 12.5. The summed E-state index contributed by atoms with van der Waals surface area (Å²) in [5.74, 6) is 0.478. The second-order valence-electron chi connectivity index (χ2n) is 4.56. The highest BCUT2D eigenvalue weighted by molar-refractivity contribution is 5.90. The van der Waals surface area contributed by atoms with Crippen LogP contribution in [0.5, 0.6) is 5.75 Å². The van der Waals surface area contributed by atoms with Gasteiger partial charge in [-0.1, -0.05) is 30.3 Å². The molecule has 0 saturated heterocycles. The fraction of sp³-hybridized carbons (Fsp3) is 0.235. The van der Waals surface area contributed by atoms with Gasteiger partial charge in [-0.05, 0) is 36.7 Å². The Morgan fingerprint density at radius 2 is 1.77 bits per heavy atom. The molecule has 0 unspecified atom stereocenters. The summed E-state index contributed by atoms with van der Waals surface area (Å²) in [6.07, 6.45) is 0.815. The number of para-hydroxylation sites is 1. The van der Waals surface area contributed by atoms with Gasteiger partial charge in [0, 0.05) is 5.56 Å². The Morgan fingerprint density at radius 3 is 2.41 bits per heavy atom. The molecule has 2 aromatic rings. The van der Waals surface area contributed by atoms with Crippen molar-refractivity contribution in [3.05, 3.63) is 54.1 Å². The van der Waals surface area contributed by atoms with Gasteiger partial charge >= 0.3 is 5.97 Å². The van der Waals surface area contributed by atoms with E-state index in [0.717, 1.165) is 23.3 Å². The van der Waals surface area contributed by atoms with Crippen LogP contribution < -0.4 is 10.5 Å². The first-order valence-electron chi connectivity index (χ1n) is 6.87. The summed E-state index contributed by atoms with van der Waals surface area (Å²) >= 11 is 0. The molecule has 0 saturated carbocycles. The summed E-state index contributed by atoms with van der Waals surface area (Å²) in [6, 6.07) is 15.1. The molecule has 0 amide bonds. The van der Waals surface area contributed by atoms with Gasteiger partial charge in [-0.15, -0.1) is 12.4 Å². The van der Waals surface area contributed by atoms with E-state index >= 15 is 0 Å². The lowest BCUT2D eigenvalue weighted by atomic mass is 10.0. The fourth-order valence-electron chi connectivity index (χ4n) is 2.00. The molecule has 0 aliphatic carbocycles. The van der Waals surface area contributed by atoms with E-state index in [1.165, 1.54) is 7.11 Å². The standard InChI is InChI=1S/C17H19NO3.ClH/c1-20-17(19)14-9-7-13(8-10-14)15-5-2-3-6-16(15)21-12-4-11-18;/h2-3,5-10H,4,11-12,18H2,1H3;1H. The topological polar surface area (TPSA) is 61.5 Å². The summed E-state index contributed by atoms with van der Waals surface area (Å²) in [6.45, 7) is 1.20. The first kappa shape index (κ1) is 18.0. The van der Waals surface area contributed by atoms with Crippen LogP contribution in [-0.4, -0.2) is 26.2 Å². The molecular weight excluding hydrogens is 302 g/mol. The molecule has 4 nitrogen and oxygen atoms in total. The quantitative estimate of drug-likeness (QED) is 0.655. The van der Waals surface area contributed by atoms with Gasteiger partial charge in [0.1, 0.15) is 5.75 Å². The molecular formula is C17H20ClNO3. The number of carbonyl (C=O) groups excluding carboxylic acids is 1. The van der Waals surface area contributed by atoms with Gasteiger partial charge in [0.2, 0.25) is 0 Å². The second-order valence-corrected chi connectivity index (χ2v) is 4.56. The third-order valence-corrected chi connectivity index (χ3v) is 3.11. The predicted molar refractivity (Wildman–Crippen MR) is 89.6 cm³/mol. The average Bonchev–Trinajstić information content (AvgIpc) is 2.55. The average molecular weight is 322 g/mol. The van der Waals surface area contributed by atoms with Crippen LogP contribution in [0.25, 0.3) is 11.1 Å². The Hall–Kier alpha value is -2.04. The van der Waals surface area contributed by atoms with Crippen LogP contribution in [0.1, 0.15) is 16.8 Å². The fourth-order valence-corrected chi connectivity index (χ4v) is 2.00. The molecule has 0 spiro atoms. The van der Waals surface area contributed by atoms with Crippen LogP contribution in [0.15, 0.2) is 48.5 Å². The number of ether oxygens (including phenoxy) is 2. The van der Waals surface area contributed by atoms with Crippen LogP contribution in [0.3, 0.4) is 0 Å². The van der Waals surface area contributed by atoms with Crippen molar-refractivity contribution in [3.63, 3.8) is 0 Å². The SMILES string of the molecule is COC(=O)c1ccc(-c2ccccc2OCCCN)cc1.Cl. The van der Waals surface area contributed by atoms with Crippen molar-refractivity contribution < 1.29 is 14.3 Å². The lowest BCUT2D eigenvalue weighted by molar-refractivity contribution is 0.0601. The van der Waals surface area contributed by atoms with E-state index in [0.29, 0.717) is 18.7 Å². The van der Waals surface area contributed by atoms with Crippen molar-refractivity contribution in [2.75, 3.05) is 20.3 Å². The third-order valence-electron chi connectivity index (χ3n) is 3.11. The molecule has 0 aliphatic heterocycles. The minimum Gasteiger partial charge on any atom is -0.493 e. The summed E-state index contributed by atoms with van der Waals surface area (Å²) in [5.41, 5.74) is 7.99. The Morgan fingerprint density at radius 1 is 1.09 bits per heavy atom. The Balaban J connectivity index is 0.00000242. The molecule has 2 aromatic carbocycles. The van der Waals surface area contributed by atoms with Gasteiger partial charge in [-0.3, -0.25) is 0 Å². The lowest BCUT2D eigenvalue weighted by Gasteiger charge is -2.11. The largest absolute Gasteiger partial charge is 0.493 e. The van der Waals surface area contributed by atoms with Gasteiger partial charge in [-0.25, -0.2) is 4.79 Å². The van der Waals surface area contributed by atoms with Crippen molar-refractivity contribution in [3.8, 4) is 16.9 Å². The van der Waals surface area contributed by atoms with Crippen molar-refractivity contribution in [1.82, 2.24) is 0 Å². The molecule has 0 aromatic heterocycles. The van der Waals surface area contributed by atoms with Crippen molar-refractivity contribution in [1.29, 1.82) is 0 Å². The summed E-state index contributed by atoms with van der Waals surface area (Å²) in [5, 5.41) is 0. The number of methoxy groups -OCH3 is 1. The first-order chi connectivity index (χ1) is 10.3. The molecule has 0 aliphatic rings. The molecule has 0 atom stereocenters. The number of halogens is 1. The monoisotopic (exact) mass is 321 g/mol. The van der Waals surface area contributed by atoms with Crippen molar-refractivity contribution >= 4 is 18.4 Å². The number of carbonyl (C=O) groups is 1. The smallest absolute Gasteiger partial charge is 0.337 e. The van der Waals surface area contributed by atoms with Crippen LogP contribution >= 0.6 is 12.4 Å². The summed E-state index contributed by atoms with van der Waals surface area (Å²) in [7, 11) is 1.37. The summed E-state index contributed by atoms with van der Waals surface area (Å²) in [4.78, 5) is 11.4. The minimum atomic E-state index is -0.339. The molecule has 0 fully saturated rings. The zero-order valence-corrected chi connectivity index (χ0v) is 13.3. The maximum atomic E-state index is 11.4. The molecule has 0 heterocycles. The van der Waals surface area contributed by atoms with E-state index in [2.05, 4.69) is 0 Å². The van der Waals surface area contributed by atoms with Crippen LogP contribution in [0.4, 0.5) is 0 Å². The van der Waals surface area contributed by atoms with Crippen LogP contribution in [0.2, 0.25) is 0 Å². The van der Waals surface area contributed by atoms with Gasteiger partial charge < -0.3 is 15.2 Å². The highest BCUT2D eigenvalue weighted by atomic mass is 35.5. The maximum Gasteiger partial charge on any atom is 0.337 e. The Labute approximate surface area is 136 Å². The van der Waals surface area contributed by atoms with Crippen molar-refractivity contribution in [2.24, 2.45) is 5.73 Å². The van der Waals surface area contributed by atoms with E-state index in [1.54, 1.807) is 12.1 Å². The first-order valence-corrected chi connectivity index (χ1v) is 6.87. The second kappa shape index (κ2) is 9.07. The number of hydrogen-bond donors (Lipinski definition) is 1. The highest BCUT2D eigenvalue weighted by Gasteiger charge is 2.08. The van der Waals surface area contributed by atoms with Gasteiger partial charge in [0.25, 0.3) is 0 Å². The molecule has 118 valence electrons. The zero-order chi connectivity index (χ0) is 15.1. The Bertz CT molecular complexity index is 599. The molecule has 2 rings (SSSR count). The van der Waals surface area contributed by atoms with Gasteiger partial charge in [0.05, 0.1) is 19.3 Å². The van der Waals surface area contributed by atoms with Gasteiger partial charge in [0.15, 0.2) is 0 Å².